The third-order valence-corrected chi connectivity index (χ3v) is 16.9. The summed E-state index contributed by atoms with van der Waals surface area (Å²) in [5.41, 5.74) is 0. The maximum atomic E-state index is 13.2. The Labute approximate surface area is 506 Å². The lowest BCUT2D eigenvalue weighted by Gasteiger charge is -2.40. The van der Waals surface area contributed by atoms with Gasteiger partial charge < -0.3 is 40.3 Å². The number of amides is 1. The van der Waals surface area contributed by atoms with Gasteiger partial charge in [0.05, 0.1) is 25.4 Å². The molecule has 0 aromatic carbocycles. The van der Waals surface area contributed by atoms with Gasteiger partial charge >= 0.3 is 0 Å². The molecule has 9 heteroatoms. The minimum atomic E-state index is -1.56. The van der Waals surface area contributed by atoms with E-state index in [4.69, 9.17) is 9.47 Å². The summed E-state index contributed by atoms with van der Waals surface area (Å²) >= 11 is 0. The number of hydrogen-bond donors (Lipinski definition) is 6. The van der Waals surface area contributed by atoms with Crippen LogP contribution in [0.1, 0.15) is 341 Å². The number of aliphatic hydroxyl groups is 5. The number of nitrogens with one attached hydrogen (secondary N) is 1. The first-order valence-electron chi connectivity index (χ1n) is 35.5. The maximum absolute atomic E-state index is 13.2. The number of allylic oxidation sites excluding steroid dienone is 10. The lowest BCUT2D eigenvalue weighted by molar-refractivity contribution is -0.302. The minimum Gasteiger partial charge on any atom is -0.394 e. The molecule has 0 bridgehead atoms. The third kappa shape index (κ3) is 50.1. The van der Waals surface area contributed by atoms with Crippen LogP contribution < -0.4 is 5.32 Å². The van der Waals surface area contributed by atoms with E-state index in [0.717, 1.165) is 70.6 Å². The number of unbranched alkanes of at least 4 members (excludes halogenated alkanes) is 42. The van der Waals surface area contributed by atoms with E-state index in [1.807, 2.05) is 0 Å². The SMILES string of the molecule is CC/C=C\C/C=C\C/C=C\C/C=C\C/C=C\CCCCCCCCCCCCCC(=O)NC(COC1OC(CO)C(O)C(O)C1O)C(O)CCCCCCCCCCCCCCCCCCCCCCCCCCCCCCCCCC. The maximum Gasteiger partial charge on any atom is 0.220 e. The summed E-state index contributed by atoms with van der Waals surface area (Å²) in [6.45, 7) is 3.77. The molecule has 1 heterocycles. The van der Waals surface area contributed by atoms with Gasteiger partial charge in [-0.05, 0) is 57.8 Å². The van der Waals surface area contributed by atoms with Crippen molar-refractivity contribution in [3.63, 3.8) is 0 Å². The van der Waals surface area contributed by atoms with Crippen LogP contribution in [0.25, 0.3) is 0 Å². The van der Waals surface area contributed by atoms with Crippen molar-refractivity contribution in [1.29, 1.82) is 0 Å². The van der Waals surface area contributed by atoms with Gasteiger partial charge in [-0.2, -0.15) is 0 Å². The van der Waals surface area contributed by atoms with Crippen molar-refractivity contribution < 1.29 is 39.8 Å². The molecule has 9 nitrogen and oxygen atoms in total. The quantitative estimate of drug-likeness (QED) is 0.0261. The van der Waals surface area contributed by atoms with E-state index in [1.54, 1.807) is 0 Å². The Morgan fingerprint density at radius 1 is 0.427 bits per heavy atom. The van der Waals surface area contributed by atoms with Crippen molar-refractivity contribution in [2.24, 2.45) is 0 Å². The Balaban J connectivity index is 2.11. The highest BCUT2D eigenvalue weighted by Crippen LogP contribution is 2.24. The first-order valence-corrected chi connectivity index (χ1v) is 35.5. The summed E-state index contributed by atoms with van der Waals surface area (Å²) in [6, 6.07) is -0.726. The summed E-state index contributed by atoms with van der Waals surface area (Å²) in [5, 5.41) is 55.0. The average Bonchev–Trinajstić information content (AvgIpc) is 3.53. The molecule has 7 unspecified atom stereocenters. The van der Waals surface area contributed by atoms with Crippen LogP contribution in [0, 0.1) is 0 Å². The molecule has 0 saturated carbocycles. The number of rotatable bonds is 62. The molecule has 1 rings (SSSR count). The molecule has 0 aromatic rings. The van der Waals surface area contributed by atoms with E-state index < -0.39 is 49.5 Å². The molecule has 82 heavy (non-hydrogen) atoms. The smallest absolute Gasteiger partial charge is 0.220 e. The second-order valence-electron chi connectivity index (χ2n) is 24.7. The van der Waals surface area contributed by atoms with E-state index >= 15 is 0 Å². The zero-order chi connectivity index (χ0) is 59.3. The predicted octanol–water partition coefficient (Wildman–Crippen LogP) is 19.4. The molecule has 0 aromatic heterocycles. The van der Waals surface area contributed by atoms with Gasteiger partial charge in [-0.1, -0.05) is 338 Å². The Morgan fingerprint density at radius 2 is 0.756 bits per heavy atom. The molecule has 0 spiro atoms. The van der Waals surface area contributed by atoms with Crippen molar-refractivity contribution in [3.05, 3.63) is 60.8 Å². The molecule has 1 fully saturated rings. The topological polar surface area (TPSA) is 149 Å². The van der Waals surface area contributed by atoms with Crippen LogP contribution in [0.2, 0.25) is 0 Å². The Morgan fingerprint density at radius 3 is 1.12 bits per heavy atom. The highest BCUT2D eigenvalue weighted by Gasteiger charge is 2.44. The summed E-state index contributed by atoms with van der Waals surface area (Å²) in [5.74, 6) is -0.145. The van der Waals surface area contributed by atoms with E-state index in [1.165, 1.54) is 244 Å². The molecule has 6 N–H and O–H groups in total. The van der Waals surface area contributed by atoms with Crippen molar-refractivity contribution >= 4 is 5.91 Å². The molecule has 480 valence electrons. The van der Waals surface area contributed by atoms with E-state index in [2.05, 4.69) is 79.9 Å². The first-order chi connectivity index (χ1) is 40.3. The average molecular weight is 1150 g/mol. The van der Waals surface area contributed by atoms with Gasteiger partial charge in [-0.3, -0.25) is 4.79 Å². The monoisotopic (exact) mass is 1150 g/mol. The van der Waals surface area contributed by atoms with Crippen molar-refractivity contribution in [2.45, 2.75) is 384 Å². The highest BCUT2D eigenvalue weighted by molar-refractivity contribution is 5.76. The van der Waals surface area contributed by atoms with E-state index in [9.17, 15) is 30.3 Å². The molecule has 1 aliphatic heterocycles. The van der Waals surface area contributed by atoms with E-state index in [0.29, 0.717) is 12.8 Å². The third-order valence-electron chi connectivity index (χ3n) is 16.9. The van der Waals surface area contributed by atoms with Crippen molar-refractivity contribution in [2.75, 3.05) is 13.2 Å². The van der Waals surface area contributed by atoms with E-state index in [-0.39, 0.29) is 12.5 Å². The van der Waals surface area contributed by atoms with Crippen LogP contribution in [0.3, 0.4) is 0 Å². The van der Waals surface area contributed by atoms with Crippen LogP contribution in [-0.4, -0.2) is 87.5 Å². The van der Waals surface area contributed by atoms with Crippen molar-refractivity contribution in [1.82, 2.24) is 5.32 Å². The van der Waals surface area contributed by atoms with Gasteiger partial charge in [0.15, 0.2) is 6.29 Å². The molecule has 1 saturated heterocycles. The molecular formula is C73H135NO8. The number of aliphatic hydroxyl groups excluding tert-OH is 5. The zero-order valence-corrected chi connectivity index (χ0v) is 53.8. The lowest BCUT2D eigenvalue weighted by Crippen LogP contribution is -2.60. The normalized spacial score (nSPS) is 18.6. The van der Waals surface area contributed by atoms with Crippen LogP contribution in [0.5, 0.6) is 0 Å². The summed E-state index contributed by atoms with van der Waals surface area (Å²) < 4.78 is 11.4. The number of ether oxygens (including phenoxy) is 2. The molecule has 7 atom stereocenters. The summed E-state index contributed by atoms with van der Waals surface area (Å²) in [6.07, 6.45) is 78.6. The molecule has 0 radical (unpaired) electrons. The fourth-order valence-corrected chi connectivity index (χ4v) is 11.4. The Bertz CT molecular complexity index is 1480. The molecule has 1 aliphatic rings. The van der Waals surface area contributed by atoms with Gasteiger partial charge in [0.25, 0.3) is 0 Å². The first kappa shape index (κ1) is 77.9. The largest absolute Gasteiger partial charge is 0.394 e. The lowest BCUT2D eigenvalue weighted by atomic mass is 9.99. The summed E-state index contributed by atoms with van der Waals surface area (Å²) in [4.78, 5) is 13.2. The molecule has 0 aliphatic carbocycles. The minimum absolute atomic E-state index is 0.139. The van der Waals surface area contributed by atoms with Crippen LogP contribution in [0.15, 0.2) is 60.8 Å². The number of hydrogen-bond acceptors (Lipinski definition) is 8. The molecule has 1 amide bonds. The number of carbonyl (C=O) groups excluding carboxylic acids is 1. The van der Waals surface area contributed by atoms with Gasteiger partial charge in [0.2, 0.25) is 5.91 Å². The van der Waals surface area contributed by atoms with Crippen molar-refractivity contribution in [3.8, 4) is 0 Å². The Hall–Kier alpha value is -2.11. The fourth-order valence-electron chi connectivity index (χ4n) is 11.4. The number of carbonyl (C=O) groups is 1. The Kier molecular flexibility index (Phi) is 58.9. The van der Waals surface area contributed by atoms with Gasteiger partial charge in [0.1, 0.15) is 24.4 Å². The standard InChI is InChI=1S/C73H135NO8/c1-3-5-7-9-11-13-15-17-19-21-23-25-27-29-31-32-33-34-35-37-38-40-42-44-46-48-50-52-54-56-58-60-62-67(76)66(65-81-73-72(80)71(79)70(78)68(64-75)82-73)74-69(77)63-61-59-57-55-53-51-49-47-45-43-41-39-36-30-28-26-24-22-20-18-16-14-12-10-8-6-4-2/h6,8,12,14,18,20,24,26,30,36,66-68,70-73,75-76,78-80H,3-5,7,9-11,13,15-17,19,21-23,25,27-29,31-35,37-65H2,1-2H3,(H,74,77)/b8-6-,14-12-,20-18-,26-24-,36-30-. The second-order valence-corrected chi connectivity index (χ2v) is 24.7. The summed E-state index contributed by atoms with van der Waals surface area (Å²) in [7, 11) is 0. The van der Waals surface area contributed by atoms with Crippen LogP contribution in [0.4, 0.5) is 0 Å². The fraction of sp³-hybridized carbons (Fsp3) is 0.849. The molecular weight excluding hydrogens is 1020 g/mol. The van der Waals surface area contributed by atoms with Crippen LogP contribution >= 0.6 is 0 Å². The second kappa shape index (κ2) is 62.0. The van der Waals surface area contributed by atoms with Gasteiger partial charge in [-0.15, -0.1) is 0 Å². The predicted molar refractivity (Wildman–Crippen MR) is 350 cm³/mol. The van der Waals surface area contributed by atoms with Gasteiger partial charge in [0, 0.05) is 6.42 Å². The highest BCUT2D eigenvalue weighted by atomic mass is 16.7. The van der Waals surface area contributed by atoms with Gasteiger partial charge in [-0.25, -0.2) is 0 Å². The van der Waals surface area contributed by atoms with Crippen LogP contribution in [-0.2, 0) is 14.3 Å². The zero-order valence-electron chi connectivity index (χ0n) is 53.8.